The van der Waals surface area contributed by atoms with Gasteiger partial charge in [0.05, 0.1) is 25.2 Å². The SMILES string of the molecule is Cc1ccc(OCCC(=O)N(C)C(C)(C)CO)c(C)c1. The van der Waals surface area contributed by atoms with Gasteiger partial charge in [0.2, 0.25) is 5.91 Å². The standard InChI is InChI=1S/C16H25NO3/c1-12-6-7-14(13(2)10-12)20-9-8-15(19)17(5)16(3,4)11-18/h6-7,10,18H,8-9,11H2,1-5H3. The highest BCUT2D eigenvalue weighted by Crippen LogP contribution is 2.19. The van der Waals surface area contributed by atoms with Gasteiger partial charge in [-0.2, -0.15) is 0 Å². The van der Waals surface area contributed by atoms with Crippen LogP contribution in [-0.4, -0.2) is 41.7 Å². The van der Waals surface area contributed by atoms with Gasteiger partial charge in [0, 0.05) is 7.05 Å². The van der Waals surface area contributed by atoms with E-state index in [1.54, 1.807) is 11.9 Å². The summed E-state index contributed by atoms with van der Waals surface area (Å²) in [4.78, 5) is 13.6. The highest BCUT2D eigenvalue weighted by atomic mass is 16.5. The molecule has 0 aliphatic heterocycles. The number of carbonyl (C=O) groups excluding carboxylic acids is 1. The number of rotatable bonds is 6. The van der Waals surface area contributed by atoms with Crippen LogP contribution in [0.5, 0.6) is 5.75 Å². The number of aryl methyl sites for hydroxylation is 2. The Morgan fingerprint density at radius 3 is 2.55 bits per heavy atom. The molecular formula is C16H25NO3. The first-order chi connectivity index (χ1) is 9.27. The summed E-state index contributed by atoms with van der Waals surface area (Å²) in [5, 5.41) is 9.25. The van der Waals surface area contributed by atoms with Crippen molar-refractivity contribution in [3.05, 3.63) is 29.3 Å². The van der Waals surface area contributed by atoms with Crippen molar-refractivity contribution in [2.75, 3.05) is 20.3 Å². The first kappa shape index (κ1) is 16.5. The maximum Gasteiger partial charge on any atom is 0.226 e. The molecule has 4 heteroatoms. The Kier molecular flexibility index (Phi) is 5.57. The van der Waals surface area contributed by atoms with Gasteiger partial charge in [-0.3, -0.25) is 4.79 Å². The Labute approximate surface area is 121 Å². The predicted molar refractivity (Wildman–Crippen MR) is 80.0 cm³/mol. The lowest BCUT2D eigenvalue weighted by atomic mass is 10.0. The summed E-state index contributed by atoms with van der Waals surface area (Å²) in [6.07, 6.45) is 0.299. The van der Waals surface area contributed by atoms with Crippen molar-refractivity contribution in [2.45, 2.75) is 39.7 Å². The molecule has 0 radical (unpaired) electrons. The predicted octanol–water partition coefficient (Wildman–Crippen LogP) is 2.30. The zero-order valence-electron chi connectivity index (χ0n) is 13.1. The van der Waals surface area contributed by atoms with Crippen molar-refractivity contribution >= 4 is 5.91 Å². The number of aliphatic hydroxyl groups excluding tert-OH is 1. The van der Waals surface area contributed by atoms with Crippen molar-refractivity contribution in [3.8, 4) is 5.75 Å². The molecule has 0 saturated carbocycles. The normalized spacial score (nSPS) is 11.3. The number of benzene rings is 1. The lowest BCUT2D eigenvalue weighted by Crippen LogP contribution is -2.47. The minimum atomic E-state index is -0.545. The van der Waals surface area contributed by atoms with Gasteiger partial charge in [0.1, 0.15) is 5.75 Å². The quantitative estimate of drug-likeness (QED) is 0.869. The molecule has 1 rings (SSSR count). The lowest BCUT2D eigenvalue weighted by molar-refractivity contribution is -0.136. The number of carbonyl (C=O) groups is 1. The largest absolute Gasteiger partial charge is 0.493 e. The van der Waals surface area contributed by atoms with E-state index in [9.17, 15) is 9.90 Å². The molecule has 0 fully saturated rings. The van der Waals surface area contributed by atoms with Gasteiger partial charge < -0.3 is 14.7 Å². The average molecular weight is 279 g/mol. The highest BCUT2D eigenvalue weighted by molar-refractivity contribution is 5.76. The second-order valence-electron chi connectivity index (χ2n) is 5.79. The fraction of sp³-hybridized carbons (Fsp3) is 0.562. The van der Waals surface area contributed by atoms with E-state index >= 15 is 0 Å². The van der Waals surface area contributed by atoms with Gasteiger partial charge in [-0.25, -0.2) is 0 Å². The molecule has 0 bridgehead atoms. The van der Waals surface area contributed by atoms with Crippen molar-refractivity contribution in [2.24, 2.45) is 0 Å². The molecule has 112 valence electrons. The fourth-order valence-electron chi connectivity index (χ4n) is 1.82. The van der Waals surface area contributed by atoms with Crippen LogP contribution < -0.4 is 4.74 Å². The van der Waals surface area contributed by atoms with Crippen LogP contribution in [0.15, 0.2) is 18.2 Å². The van der Waals surface area contributed by atoms with Gasteiger partial charge in [-0.05, 0) is 39.3 Å². The summed E-state index contributed by atoms with van der Waals surface area (Å²) in [5.74, 6) is 0.779. The summed E-state index contributed by atoms with van der Waals surface area (Å²) in [5.41, 5.74) is 1.72. The van der Waals surface area contributed by atoms with Gasteiger partial charge >= 0.3 is 0 Å². The van der Waals surface area contributed by atoms with Crippen LogP contribution >= 0.6 is 0 Å². The molecule has 0 atom stereocenters. The Balaban J connectivity index is 2.50. The van der Waals surface area contributed by atoms with Gasteiger partial charge in [0.15, 0.2) is 0 Å². The topological polar surface area (TPSA) is 49.8 Å². The van der Waals surface area contributed by atoms with Crippen LogP contribution in [0.1, 0.15) is 31.4 Å². The van der Waals surface area contributed by atoms with Gasteiger partial charge in [0.25, 0.3) is 0 Å². The van der Waals surface area contributed by atoms with Crippen LogP contribution in [0.4, 0.5) is 0 Å². The molecule has 1 aromatic rings. The zero-order valence-corrected chi connectivity index (χ0v) is 13.1. The molecule has 0 unspecified atom stereocenters. The molecule has 1 N–H and O–H groups in total. The molecular weight excluding hydrogens is 254 g/mol. The third-order valence-corrected chi connectivity index (χ3v) is 3.57. The summed E-state index contributed by atoms with van der Waals surface area (Å²) in [6, 6.07) is 5.97. The summed E-state index contributed by atoms with van der Waals surface area (Å²) < 4.78 is 5.65. The molecule has 0 aromatic heterocycles. The summed E-state index contributed by atoms with van der Waals surface area (Å²) >= 11 is 0. The second kappa shape index (κ2) is 6.75. The molecule has 1 aromatic carbocycles. The average Bonchev–Trinajstić information content (AvgIpc) is 2.40. The molecule has 0 heterocycles. The second-order valence-corrected chi connectivity index (χ2v) is 5.79. The molecule has 20 heavy (non-hydrogen) atoms. The third-order valence-electron chi connectivity index (χ3n) is 3.57. The number of nitrogens with zero attached hydrogens (tertiary/aromatic N) is 1. The maximum absolute atomic E-state index is 12.0. The number of hydrogen-bond donors (Lipinski definition) is 1. The van der Waals surface area contributed by atoms with E-state index in [0.717, 1.165) is 11.3 Å². The third kappa shape index (κ3) is 4.23. The van der Waals surface area contributed by atoms with Crippen LogP contribution in [0.2, 0.25) is 0 Å². The smallest absolute Gasteiger partial charge is 0.226 e. The van der Waals surface area contributed by atoms with E-state index in [1.165, 1.54) is 5.56 Å². The minimum Gasteiger partial charge on any atom is -0.493 e. The lowest BCUT2D eigenvalue weighted by Gasteiger charge is -2.34. The monoisotopic (exact) mass is 279 g/mol. The van der Waals surface area contributed by atoms with Crippen molar-refractivity contribution in [1.82, 2.24) is 4.90 Å². The van der Waals surface area contributed by atoms with E-state index in [2.05, 4.69) is 6.07 Å². The maximum atomic E-state index is 12.0. The van der Waals surface area contributed by atoms with E-state index in [-0.39, 0.29) is 12.5 Å². The first-order valence-corrected chi connectivity index (χ1v) is 6.85. The number of likely N-dealkylation sites (N-methyl/N-ethyl adjacent to an activating group) is 1. The van der Waals surface area contributed by atoms with Crippen molar-refractivity contribution in [1.29, 1.82) is 0 Å². The first-order valence-electron chi connectivity index (χ1n) is 6.85. The van der Waals surface area contributed by atoms with E-state index in [0.29, 0.717) is 13.0 Å². The molecule has 0 aliphatic carbocycles. The van der Waals surface area contributed by atoms with Crippen molar-refractivity contribution in [3.63, 3.8) is 0 Å². The molecule has 0 spiro atoms. The highest BCUT2D eigenvalue weighted by Gasteiger charge is 2.26. The fourth-order valence-corrected chi connectivity index (χ4v) is 1.82. The molecule has 4 nitrogen and oxygen atoms in total. The number of hydrogen-bond acceptors (Lipinski definition) is 3. The van der Waals surface area contributed by atoms with Crippen LogP contribution in [-0.2, 0) is 4.79 Å². The van der Waals surface area contributed by atoms with Crippen LogP contribution in [0.3, 0.4) is 0 Å². The number of aliphatic hydroxyl groups is 1. The Bertz CT molecular complexity index is 469. The Morgan fingerprint density at radius 1 is 1.35 bits per heavy atom. The summed E-state index contributed by atoms with van der Waals surface area (Å²) in [6.45, 7) is 7.96. The van der Waals surface area contributed by atoms with E-state index < -0.39 is 5.54 Å². The van der Waals surface area contributed by atoms with E-state index in [1.807, 2.05) is 39.8 Å². The van der Waals surface area contributed by atoms with E-state index in [4.69, 9.17) is 4.74 Å². The number of ether oxygens (including phenoxy) is 1. The molecule has 1 amide bonds. The van der Waals surface area contributed by atoms with Gasteiger partial charge in [-0.1, -0.05) is 17.7 Å². The van der Waals surface area contributed by atoms with Gasteiger partial charge in [-0.15, -0.1) is 0 Å². The molecule has 0 aliphatic rings. The Hall–Kier alpha value is -1.55. The minimum absolute atomic E-state index is 0.0335. The van der Waals surface area contributed by atoms with Crippen molar-refractivity contribution < 1.29 is 14.6 Å². The summed E-state index contributed by atoms with van der Waals surface area (Å²) in [7, 11) is 1.70. The van der Waals surface area contributed by atoms with Crippen LogP contribution in [0, 0.1) is 13.8 Å². The van der Waals surface area contributed by atoms with Crippen LogP contribution in [0.25, 0.3) is 0 Å². The zero-order chi connectivity index (χ0) is 15.3. The molecule has 0 saturated heterocycles. The number of amides is 1. The Morgan fingerprint density at radius 2 is 2.00 bits per heavy atom.